The summed E-state index contributed by atoms with van der Waals surface area (Å²) < 4.78 is 0.928. The summed E-state index contributed by atoms with van der Waals surface area (Å²) >= 11 is -2.63. The molecule has 0 rings (SSSR count). The van der Waals surface area contributed by atoms with Crippen molar-refractivity contribution in [2.24, 2.45) is 5.73 Å². The molecule has 0 aliphatic heterocycles. The first-order chi connectivity index (χ1) is 10.1. The molecule has 0 aliphatic rings. The number of nitrogens with two attached hydrogens (primary N) is 1. The monoisotopic (exact) mass is 488 g/mol. The molecular formula is C8H12N2O8S2Se2. The van der Waals surface area contributed by atoms with Crippen molar-refractivity contribution in [3.05, 3.63) is 0 Å². The molecule has 0 spiro atoms. The van der Waals surface area contributed by atoms with E-state index in [2.05, 4.69) is 0 Å². The molecule has 0 heterocycles. The third-order valence-corrected chi connectivity index (χ3v) is 8.28. The first kappa shape index (κ1) is 21.5. The van der Waals surface area contributed by atoms with Gasteiger partial charge < -0.3 is 0 Å². The first-order valence-electron chi connectivity index (χ1n) is 5.21. The van der Waals surface area contributed by atoms with Crippen LogP contribution in [0.4, 0.5) is 9.59 Å². The van der Waals surface area contributed by atoms with E-state index in [-0.39, 0.29) is 11.5 Å². The maximum atomic E-state index is 11.2. The molecule has 10 nitrogen and oxygen atoms in total. The molecule has 0 saturated carbocycles. The first-order valence-corrected chi connectivity index (χ1v) is 10.9. The van der Waals surface area contributed by atoms with Crippen LogP contribution in [0.15, 0.2) is 0 Å². The Hall–Kier alpha value is -0.461. The summed E-state index contributed by atoms with van der Waals surface area (Å²) in [5.74, 6) is -2.56. The van der Waals surface area contributed by atoms with Gasteiger partial charge in [-0.1, -0.05) is 0 Å². The predicted molar refractivity (Wildman–Crippen MR) is 81.3 cm³/mol. The molecule has 22 heavy (non-hydrogen) atoms. The third-order valence-electron chi connectivity index (χ3n) is 1.75. The second-order valence-electron chi connectivity index (χ2n) is 3.37. The fraction of sp³-hybridized carbons (Fsp3) is 0.500. The fourth-order valence-corrected chi connectivity index (χ4v) is 7.31. The van der Waals surface area contributed by atoms with Gasteiger partial charge in [0, 0.05) is 0 Å². The van der Waals surface area contributed by atoms with E-state index in [1.54, 1.807) is 0 Å². The van der Waals surface area contributed by atoms with Crippen molar-refractivity contribution >= 4 is 73.6 Å². The number of nitrogens with zero attached hydrogens (tertiary/aromatic N) is 1. The van der Waals surface area contributed by atoms with Crippen molar-refractivity contribution in [2.45, 2.75) is 12.1 Å². The van der Waals surface area contributed by atoms with Crippen LogP contribution in [0.1, 0.15) is 0 Å². The summed E-state index contributed by atoms with van der Waals surface area (Å²) in [5, 5.41) is 35.2. The zero-order valence-corrected chi connectivity index (χ0v) is 15.7. The minimum absolute atomic E-state index is 0.0421. The van der Waals surface area contributed by atoms with Crippen molar-refractivity contribution in [2.75, 3.05) is 11.5 Å². The average Bonchev–Trinajstić information content (AvgIpc) is 2.35. The van der Waals surface area contributed by atoms with Gasteiger partial charge in [-0.3, -0.25) is 0 Å². The Morgan fingerprint density at radius 1 is 0.909 bits per heavy atom. The molecule has 126 valence electrons. The van der Waals surface area contributed by atoms with E-state index in [1.165, 1.54) is 0 Å². The summed E-state index contributed by atoms with van der Waals surface area (Å²) in [4.78, 5) is 40.6. The molecule has 2 unspecified atom stereocenters. The quantitative estimate of drug-likeness (QED) is 0.131. The molecule has 0 amide bonds. The summed E-state index contributed by atoms with van der Waals surface area (Å²) in [6, 6.07) is -2.37. The molecular weight excluding hydrogens is 474 g/mol. The number of rotatable bonds is 12. The van der Waals surface area contributed by atoms with E-state index in [1.807, 2.05) is 0 Å². The number of carbonyl (C=O) groups is 4. The van der Waals surface area contributed by atoms with Gasteiger partial charge in [-0.15, -0.1) is 0 Å². The van der Waals surface area contributed by atoms with Crippen molar-refractivity contribution in [1.82, 2.24) is 2.93 Å². The summed E-state index contributed by atoms with van der Waals surface area (Å²) in [7, 11) is 2.03. The number of hydrogen-bond acceptors (Lipinski definition) is 8. The normalized spacial score (nSPS) is 13.5. The summed E-state index contributed by atoms with van der Waals surface area (Å²) in [6.45, 7) is 0. The van der Waals surface area contributed by atoms with E-state index in [0.29, 0.717) is 0 Å². The van der Waals surface area contributed by atoms with E-state index < -0.39 is 64.1 Å². The standard InChI is InChI=1S/C8H12N2O8S2Se2/c9-3(5(11)12)1-19-20-2-4(6(13)14)10(21-7(15)16)22-8(17)18/h3-4H,1-2,9H2,(H,11,12)(H,13,14)(H,15,16)(H,17,18). The van der Waals surface area contributed by atoms with Crippen LogP contribution in [0, 0.1) is 0 Å². The Labute approximate surface area is 145 Å². The Kier molecular flexibility index (Phi) is 10.9. The Bertz CT molecular complexity index is 424. The molecule has 0 fully saturated rings. The number of carboxylic acids is 2. The van der Waals surface area contributed by atoms with Crippen LogP contribution in [0.2, 0.25) is 0 Å². The topological polar surface area (TPSA) is 178 Å². The molecule has 0 radical (unpaired) electrons. The molecule has 0 aliphatic carbocycles. The van der Waals surface area contributed by atoms with Crippen LogP contribution in [0.5, 0.6) is 0 Å². The third kappa shape index (κ3) is 9.53. The van der Waals surface area contributed by atoms with E-state index >= 15 is 0 Å². The zero-order chi connectivity index (χ0) is 17.3. The van der Waals surface area contributed by atoms with Gasteiger partial charge >= 0.3 is 145 Å². The van der Waals surface area contributed by atoms with Gasteiger partial charge in [-0.25, -0.2) is 0 Å². The molecule has 0 saturated heterocycles. The molecule has 0 aromatic rings. The molecule has 0 bridgehead atoms. The maximum absolute atomic E-state index is 11.2. The zero-order valence-electron chi connectivity index (χ0n) is 10.6. The molecule has 14 heteroatoms. The van der Waals surface area contributed by atoms with Gasteiger partial charge in [-0.05, 0) is 0 Å². The van der Waals surface area contributed by atoms with Gasteiger partial charge in [0.15, 0.2) is 0 Å². The van der Waals surface area contributed by atoms with E-state index in [4.69, 9.17) is 26.2 Å². The van der Waals surface area contributed by atoms with Crippen molar-refractivity contribution in [1.29, 1.82) is 0 Å². The van der Waals surface area contributed by atoms with Crippen LogP contribution in [0.3, 0.4) is 0 Å². The van der Waals surface area contributed by atoms with Crippen LogP contribution >= 0.6 is 21.6 Å². The van der Waals surface area contributed by atoms with Crippen LogP contribution in [-0.4, -0.2) is 99.0 Å². The molecule has 0 aromatic heterocycles. The predicted octanol–water partition coefficient (Wildman–Crippen LogP) is -0.871. The second-order valence-corrected chi connectivity index (χ2v) is 11.0. The Morgan fingerprint density at radius 2 is 1.36 bits per heavy atom. The molecule has 6 N–H and O–H groups in total. The summed E-state index contributed by atoms with van der Waals surface area (Å²) in [5.41, 5.74) is 5.28. The SMILES string of the molecule is NC(CSSCC(C(=O)O)N([Se]C(=O)O)[Se]C(=O)O)C(=O)O. The molecule has 0 aromatic carbocycles. The second kappa shape index (κ2) is 11.1. The van der Waals surface area contributed by atoms with E-state index in [9.17, 15) is 19.2 Å². The molecule has 2 atom stereocenters. The van der Waals surface area contributed by atoms with Crippen molar-refractivity contribution in [3.63, 3.8) is 0 Å². The number of carboxylic acid groups (broad SMARTS) is 4. The van der Waals surface area contributed by atoms with Gasteiger partial charge in [-0.2, -0.15) is 0 Å². The summed E-state index contributed by atoms with van der Waals surface area (Å²) in [6.07, 6.45) is 0. The van der Waals surface area contributed by atoms with Crippen molar-refractivity contribution < 1.29 is 39.6 Å². The van der Waals surface area contributed by atoms with Gasteiger partial charge in [0.25, 0.3) is 0 Å². The van der Waals surface area contributed by atoms with Crippen LogP contribution < -0.4 is 5.73 Å². The number of hydrogen-bond donors (Lipinski definition) is 5. The average molecular weight is 486 g/mol. The number of aliphatic carboxylic acids is 2. The van der Waals surface area contributed by atoms with Gasteiger partial charge in [0.1, 0.15) is 0 Å². The van der Waals surface area contributed by atoms with Gasteiger partial charge in [0.05, 0.1) is 0 Å². The van der Waals surface area contributed by atoms with Crippen molar-refractivity contribution in [3.8, 4) is 0 Å². The minimum atomic E-state index is -1.33. The Morgan fingerprint density at radius 3 is 1.73 bits per heavy atom. The van der Waals surface area contributed by atoms with Crippen LogP contribution in [-0.2, 0) is 9.59 Å². The fourth-order valence-electron chi connectivity index (χ4n) is 0.827. The van der Waals surface area contributed by atoms with Gasteiger partial charge in [0.2, 0.25) is 0 Å². The van der Waals surface area contributed by atoms with Crippen LogP contribution in [0.25, 0.3) is 0 Å². The Balaban J connectivity index is 4.59. The van der Waals surface area contributed by atoms with E-state index in [0.717, 1.165) is 24.5 Å².